The summed E-state index contributed by atoms with van der Waals surface area (Å²) >= 11 is 0. The van der Waals surface area contributed by atoms with Gasteiger partial charge in [0.2, 0.25) is 0 Å². The number of pyridine rings is 1. The van der Waals surface area contributed by atoms with E-state index in [2.05, 4.69) is 4.98 Å². The van der Waals surface area contributed by atoms with Gasteiger partial charge in [0.25, 0.3) is 0 Å². The summed E-state index contributed by atoms with van der Waals surface area (Å²) in [6.07, 6.45) is 2.15. The Balaban J connectivity index is 2.09. The molecule has 1 saturated heterocycles. The van der Waals surface area contributed by atoms with Gasteiger partial charge in [0.1, 0.15) is 11.9 Å². The average Bonchev–Trinajstić information content (AvgIpc) is 2.78. The number of rotatable bonds is 2. The Morgan fingerprint density at radius 3 is 2.94 bits per heavy atom. The van der Waals surface area contributed by atoms with Gasteiger partial charge in [0, 0.05) is 19.3 Å². The Kier molecular flexibility index (Phi) is 2.73. The summed E-state index contributed by atoms with van der Waals surface area (Å²) in [5.74, 6) is -0.323. The molecule has 16 heavy (non-hydrogen) atoms. The lowest BCUT2D eigenvalue weighted by Crippen LogP contribution is -2.23. The summed E-state index contributed by atoms with van der Waals surface area (Å²) in [7, 11) is 0. The standard InChI is InChI=1S/C11H11N3O2/c12-5-8-1-2-10(13-6-8)14-4-3-9(7-14)11(15)16/h1-2,6,9H,3-4,7H2,(H,15,16). The normalized spacial score (nSPS) is 19.4. The Morgan fingerprint density at radius 1 is 1.62 bits per heavy atom. The van der Waals surface area contributed by atoms with Crippen LogP contribution in [0, 0.1) is 17.2 Å². The highest BCUT2D eigenvalue weighted by molar-refractivity contribution is 5.71. The minimum absolute atomic E-state index is 0.308. The summed E-state index contributed by atoms with van der Waals surface area (Å²) in [6, 6.07) is 5.44. The molecule has 2 heterocycles. The van der Waals surface area contributed by atoms with Gasteiger partial charge in [-0.1, -0.05) is 0 Å². The second kappa shape index (κ2) is 4.19. The molecular formula is C11H11N3O2. The maximum absolute atomic E-state index is 10.8. The van der Waals surface area contributed by atoms with Crippen LogP contribution in [0.4, 0.5) is 5.82 Å². The van der Waals surface area contributed by atoms with E-state index in [1.54, 1.807) is 12.1 Å². The minimum Gasteiger partial charge on any atom is -0.481 e. The second-order valence-electron chi connectivity index (χ2n) is 3.79. The predicted molar refractivity (Wildman–Crippen MR) is 56.9 cm³/mol. The average molecular weight is 217 g/mol. The number of nitriles is 1. The van der Waals surface area contributed by atoms with E-state index >= 15 is 0 Å². The highest BCUT2D eigenvalue weighted by atomic mass is 16.4. The highest BCUT2D eigenvalue weighted by Crippen LogP contribution is 2.22. The van der Waals surface area contributed by atoms with Crippen LogP contribution in [0.25, 0.3) is 0 Å². The van der Waals surface area contributed by atoms with Crippen molar-refractivity contribution < 1.29 is 9.90 Å². The van der Waals surface area contributed by atoms with Crippen molar-refractivity contribution in [2.24, 2.45) is 5.92 Å². The topological polar surface area (TPSA) is 77.2 Å². The first-order chi connectivity index (χ1) is 7.70. The molecule has 2 rings (SSSR count). The number of carbonyl (C=O) groups is 1. The number of hydrogen-bond acceptors (Lipinski definition) is 4. The van der Waals surface area contributed by atoms with Crippen LogP contribution in [-0.2, 0) is 4.79 Å². The summed E-state index contributed by atoms with van der Waals surface area (Å²) in [5, 5.41) is 17.5. The summed E-state index contributed by atoms with van der Waals surface area (Å²) < 4.78 is 0. The summed E-state index contributed by atoms with van der Waals surface area (Å²) in [5.41, 5.74) is 0.512. The molecule has 5 nitrogen and oxygen atoms in total. The molecule has 0 bridgehead atoms. The van der Waals surface area contributed by atoms with Crippen molar-refractivity contribution in [2.75, 3.05) is 18.0 Å². The maximum atomic E-state index is 10.8. The van der Waals surface area contributed by atoms with Crippen LogP contribution in [0.2, 0.25) is 0 Å². The van der Waals surface area contributed by atoms with Crippen molar-refractivity contribution in [1.29, 1.82) is 5.26 Å². The predicted octanol–water partition coefficient (Wildman–Crippen LogP) is 0.864. The number of anilines is 1. The van der Waals surface area contributed by atoms with Crippen molar-refractivity contribution in [2.45, 2.75) is 6.42 Å². The molecular weight excluding hydrogens is 206 g/mol. The Hall–Kier alpha value is -2.09. The Bertz CT molecular complexity index is 436. The fraction of sp³-hybridized carbons (Fsp3) is 0.364. The lowest BCUT2D eigenvalue weighted by Gasteiger charge is -2.16. The molecule has 82 valence electrons. The molecule has 1 aromatic heterocycles. The van der Waals surface area contributed by atoms with Gasteiger partial charge in [-0.25, -0.2) is 4.98 Å². The molecule has 0 aliphatic carbocycles. The van der Waals surface area contributed by atoms with Gasteiger partial charge >= 0.3 is 5.97 Å². The van der Waals surface area contributed by atoms with Gasteiger partial charge in [-0.15, -0.1) is 0 Å². The molecule has 1 atom stereocenters. The van der Waals surface area contributed by atoms with Crippen molar-refractivity contribution in [3.63, 3.8) is 0 Å². The zero-order chi connectivity index (χ0) is 11.5. The number of hydrogen-bond donors (Lipinski definition) is 1. The molecule has 0 saturated carbocycles. The van der Waals surface area contributed by atoms with E-state index in [1.165, 1.54) is 6.20 Å². The second-order valence-corrected chi connectivity index (χ2v) is 3.79. The monoisotopic (exact) mass is 217 g/mol. The molecule has 0 radical (unpaired) electrons. The molecule has 1 unspecified atom stereocenters. The van der Waals surface area contributed by atoms with E-state index in [0.717, 1.165) is 5.82 Å². The molecule has 0 spiro atoms. The fourth-order valence-electron chi connectivity index (χ4n) is 1.81. The first-order valence-corrected chi connectivity index (χ1v) is 5.04. The minimum atomic E-state index is -0.754. The van der Waals surface area contributed by atoms with Crippen molar-refractivity contribution >= 4 is 11.8 Å². The molecule has 5 heteroatoms. The van der Waals surface area contributed by atoms with Gasteiger partial charge in [-0.05, 0) is 18.6 Å². The van der Waals surface area contributed by atoms with Crippen LogP contribution in [0.1, 0.15) is 12.0 Å². The van der Waals surface area contributed by atoms with E-state index in [0.29, 0.717) is 25.1 Å². The highest BCUT2D eigenvalue weighted by Gasteiger charge is 2.28. The Morgan fingerprint density at radius 2 is 2.44 bits per heavy atom. The third-order valence-corrected chi connectivity index (χ3v) is 2.74. The first-order valence-electron chi connectivity index (χ1n) is 5.04. The van der Waals surface area contributed by atoms with Crippen molar-refractivity contribution in [3.8, 4) is 6.07 Å². The van der Waals surface area contributed by atoms with Crippen molar-refractivity contribution in [1.82, 2.24) is 4.98 Å². The van der Waals surface area contributed by atoms with Gasteiger partial charge in [-0.3, -0.25) is 4.79 Å². The SMILES string of the molecule is N#Cc1ccc(N2CCC(C(=O)O)C2)nc1. The number of aliphatic carboxylic acids is 1. The first kappa shape index (κ1) is 10.4. The fourth-order valence-corrected chi connectivity index (χ4v) is 1.81. The number of nitrogens with zero attached hydrogens (tertiary/aromatic N) is 3. The summed E-state index contributed by atoms with van der Waals surface area (Å²) in [4.78, 5) is 16.9. The van der Waals surface area contributed by atoms with Gasteiger partial charge in [0.15, 0.2) is 0 Å². The van der Waals surface area contributed by atoms with Crippen LogP contribution in [0.5, 0.6) is 0 Å². The number of carboxylic acid groups (broad SMARTS) is 1. The molecule has 0 aromatic carbocycles. The quantitative estimate of drug-likeness (QED) is 0.795. The molecule has 0 amide bonds. The lowest BCUT2D eigenvalue weighted by molar-refractivity contribution is -0.140. The Labute approximate surface area is 92.9 Å². The maximum Gasteiger partial charge on any atom is 0.308 e. The van der Waals surface area contributed by atoms with Gasteiger partial charge < -0.3 is 10.0 Å². The van der Waals surface area contributed by atoms with E-state index in [9.17, 15) is 4.79 Å². The van der Waals surface area contributed by atoms with Crippen LogP contribution in [0.15, 0.2) is 18.3 Å². The molecule has 1 aliphatic heterocycles. The van der Waals surface area contributed by atoms with Gasteiger partial charge in [-0.2, -0.15) is 5.26 Å². The van der Waals surface area contributed by atoms with E-state index in [4.69, 9.17) is 10.4 Å². The van der Waals surface area contributed by atoms with Crippen LogP contribution in [0.3, 0.4) is 0 Å². The van der Waals surface area contributed by atoms with Crippen LogP contribution < -0.4 is 4.90 Å². The van der Waals surface area contributed by atoms with Crippen LogP contribution in [-0.4, -0.2) is 29.1 Å². The summed E-state index contributed by atoms with van der Waals surface area (Å²) in [6.45, 7) is 1.20. The third-order valence-electron chi connectivity index (χ3n) is 2.74. The van der Waals surface area contributed by atoms with Crippen molar-refractivity contribution in [3.05, 3.63) is 23.9 Å². The zero-order valence-corrected chi connectivity index (χ0v) is 8.63. The third kappa shape index (κ3) is 1.96. The van der Waals surface area contributed by atoms with Gasteiger partial charge in [0.05, 0.1) is 11.5 Å². The van der Waals surface area contributed by atoms with Crippen LogP contribution >= 0.6 is 0 Å². The lowest BCUT2D eigenvalue weighted by atomic mass is 10.1. The van der Waals surface area contributed by atoms with E-state index in [1.807, 2.05) is 11.0 Å². The molecule has 1 aliphatic rings. The van der Waals surface area contributed by atoms with E-state index in [-0.39, 0.29) is 5.92 Å². The van der Waals surface area contributed by atoms with E-state index < -0.39 is 5.97 Å². The number of carboxylic acids is 1. The largest absolute Gasteiger partial charge is 0.481 e. The zero-order valence-electron chi connectivity index (χ0n) is 8.63. The molecule has 1 fully saturated rings. The number of aromatic nitrogens is 1. The molecule has 1 N–H and O–H groups in total. The molecule has 1 aromatic rings. The smallest absolute Gasteiger partial charge is 0.308 e.